The zero-order valence-corrected chi connectivity index (χ0v) is 18.5. The van der Waals surface area contributed by atoms with Crippen molar-refractivity contribution >= 4 is 28.1 Å². The fraction of sp³-hybridized carbons (Fsp3) is 0.167. The highest BCUT2D eigenvalue weighted by molar-refractivity contribution is 7.14. The smallest absolute Gasteiger partial charge is 0.250 e. The van der Waals surface area contributed by atoms with Crippen molar-refractivity contribution in [1.82, 2.24) is 9.55 Å². The molecule has 0 aliphatic rings. The lowest BCUT2D eigenvalue weighted by molar-refractivity contribution is 0.0999. The van der Waals surface area contributed by atoms with Crippen LogP contribution in [-0.2, 0) is 6.54 Å². The van der Waals surface area contributed by atoms with Crippen molar-refractivity contribution in [1.29, 1.82) is 0 Å². The second-order valence-electron chi connectivity index (χ2n) is 7.36. The van der Waals surface area contributed by atoms with Gasteiger partial charge in [-0.05, 0) is 49.7 Å². The third kappa shape index (κ3) is 4.46. The molecule has 7 heteroatoms. The van der Waals surface area contributed by atoms with Crippen molar-refractivity contribution in [3.05, 3.63) is 82.4 Å². The van der Waals surface area contributed by atoms with Gasteiger partial charge in [0, 0.05) is 23.3 Å². The van der Waals surface area contributed by atoms with E-state index in [0.29, 0.717) is 12.1 Å². The Morgan fingerprint density at radius 3 is 2.65 bits per heavy atom. The summed E-state index contributed by atoms with van der Waals surface area (Å²) >= 11 is 1.52. The second kappa shape index (κ2) is 8.65. The van der Waals surface area contributed by atoms with Crippen molar-refractivity contribution in [2.45, 2.75) is 20.4 Å². The summed E-state index contributed by atoms with van der Waals surface area (Å²) in [4.78, 5) is 16.8. The number of carbonyl (C=O) groups excluding carboxylic acids is 1. The number of amides is 1. The number of rotatable bonds is 7. The number of nitrogens with one attached hydrogen (secondary N) is 1. The lowest BCUT2D eigenvalue weighted by atomic mass is 10.2. The van der Waals surface area contributed by atoms with Crippen molar-refractivity contribution in [3.8, 4) is 17.1 Å². The van der Waals surface area contributed by atoms with E-state index in [9.17, 15) is 4.79 Å². The van der Waals surface area contributed by atoms with E-state index < -0.39 is 5.91 Å². The Morgan fingerprint density at radius 2 is 1.94 bits per heavy atom. The molecule has 31 heavy (non-hydrogen) atoms. The first-order chi connectivity index (χ1) is 14.9. The van der Waals surface area contributed by atoms with Crippen molar-refractivity contribution in [2.24, 2.45) is 5.73 Å². The Bertz CT molecular complexity index is 1220. The minimum atomic E-state index is -0.448. The van der Waals surface area contributed by atoms with Gasteiger partial charge >= 0.3 is 0 Å². The van der Waals surface area contributed by atoms with Gasteiger partial charge in [0.05, 0.1) is 24.1 Å². The largest absolute Gasteiger partial charge is 0.497 e. The van der Waals surface area contributed by atoms with E-state index in [1.165, 1.54) is 16.9 Å². The number of nitrogens with two attached hydrogens (primary N) is 1. The number of hydrogen-bond donors (Lipinski definition) is 2. The molecular formula is C24H24N4O2S. The lowest BCUT2D eigenvalue weighted by Gasteiger charge is -2.12. The molecule has 1 amide bonds. The average Bonchev–Trinajstić information content (AvgIpc) is 3.35. The number of methoxy groups -OCH3 is 1. The number of carbonyl (C=O) groups is 1. The monoisotopic (exact) mass is 432 g/mol. The van der Waals surface area contributed by atoms with Gasteiger partial charge < -0.3 is 20.4 Å². The second-order valence-corrected chi connectivity index (χ2v) is 8.22. The third-order valence-corrected chi connectivity index (χ3v) is 5.93. The Hall–Kier alpha value is -3.58. The predicted octanol–water partition coefficient (Wildman–Crippen LogP) is 5.13. The van der Waals surface area contributed by atoms with E-state index in [-0.39, 0.29) is 0 Å². The predicted molar refractivity (Wildman–Crippen MR) is 125 cm³/mol. The lowest BCUT2D eigenvalue weighted by Crippen LogP contribution is -2.12. The van der Waals surface area contributed by atoms with E-state index >= 15 is 0 Å². The molecule has 158 valence electrons. The van der Waals surface area contributed by atoms with E-state index in [4.69, 9.17) is 15.5 Å². The first-order valence-corrected chi connectivity index (χ1v) is 10.7. The van der Waals surface area contributed by atoms with Crippen LogP contribution in [-0.4, -0.2) is 22.6 Å². The highest BCUT2D eigenvalue weighted by atomic mass is 32.1. The molecule has 0 saturated carbocycles. The molecule has 4 aromatic rings. The van der Waals surface area contributed by atoms with Gasteiger partial charge in [-0.1, -0.05) is 29.8 Å². The van der Waals surface area contributed by atoms with Crippen LogP contribution in [0.15, 0.2) is 60.0 Å². The number of nitrogens with zero attached hydrogens (tertiary/aromatic N) is 2. The van der Waals surface area contributed by atoms with Gasteiger partial charge in [-0.2, -0.15) is 0 Å². The first kappa shape index (κ1) is 20.7. The van der Waals surface area contributed by atoms with Crippen molar-refractivity contribution in [3.63, 3.8) is 0 Å². The van der Waals surface area contributed by atoms with Gasteiger partial charge in [0.1, 0.15) is 5.75 Å². The standard InChI is InChI=1S/C24H24N4O2S/c1-15-7-9-18(10-8-15)26-24-27-21(14-31-24)22-12-20(23(25)29)16(2)28(22)13-17-5-4-6-19(11-17)30-3/h4-12,14H,13H2,1-3H3,(H2,25,29)(H,26,27). The molecule has 0 spiro atoms. The van der Waals surface area contributed by atoms with Crippen LogP contribution in [0.1, 0.15) is 27.2 Å². The van der Waals surface area contributed by atoms with E-state index in [0.717, 1.165) is 39.2 Å². The van der Waals surface area contributed by atoms with Crippen LogP contribution in [0.2, 0.25) is 0 Å². The summed E-state index contributed by atoms with van der Waals surface area (Å²) in [6.07, 6.45) is 0. The number of hydrogen-bond acceptors (Lipinski definition) is 5. The topological polar surface area (TPSA) is 82.2 Å². The molecule has 2 heterocycles. The van der Waals surface area contributed by atoms with Crippen LogP contribution < -0.4 is 15.8 Å². The summed E-state index contributed by atoms with van der Waals surface area (Å²) in [5, 5.41) is 6.11. The summed E-state index contributed by atoms with van der Waals surface area (Å²) in [6, 6.07) is 17.9. The molecule has 0 saturated heterocycles. The number of primary amides is 1. The third-order valence-electron chi connectivity index (χ3n) is 5.18. The average molecular weight is 433 g/mol. The highest BCUT2D eigenvalue weighted by Crippen LogP contribution is 2.31. The summed E-state index contributed by atoms with van der Waals surface area (Å²) in [5.74, 6) is 0.341. The maximum absolute atomic E-state index is 12.0. The maximum Gasteiger partial charge on any atom is 0.250 e. The number of thiazole rings is 1. The van der Waals surface area contributed by atoms with Gasteiger partial charge in [-0.15, -0.1) is 11.3 Å². The molecule has 3 N–H and O–H groups in total. The Labute approximate surface area is 185 Å². The molecule has 6 nitrogen and oxygen atoms in total. The molecule has 0 fully saturated rings. The molecular weight excluding hydrogens is 408 g/mol. The van der Waals surface area contributed by atoms with Crippen molar-refractivity contribution < 1.29 is 9.53 Å². The number of aromatic nitrogens is 2. The quantitative estimate of drug-likeness (QED) is 0.424. The molecule has 0 aliphatic carbocycles. The maximum atomic E-state index is 12.0. The zero-order valence-electron chi connectivity index (χ0n) is 17.7. The molecule has 2 aromatic heterocycles. The molecule has 4 rings (SSSR count). The van der Waals surface area contributed by atoms with E-state index in [2.05, 4.69) is 28.9 Å². The van der Waals surface area contributed by atoms with Crippen LogP contribution >= 0.6 is 11.3 Å². The number of benzene rings is 2. The van der Waals surface area contributed by atoms with Crippen LogP contribution in [0.25, 0.3) is 11.4 Å². The molecule has 0 aliphatic heterocycles. The number of anilines is 2. The normalized spacial score (nSPS) is 10.8. The van der Waals surface area contributed by atoms with Crippen LogP contribution in [0, 0.1) is 13.8 Å². The van der Waals surface area contributed by atoms with E-state index in [1.807, 2.05) is 54.8 Å². The van der Waals surface area contributed by atoms with Crippen LogP contribution in [0.5, 0.6) is 5.75 Å². The SMILES string of the molecule is COc1cccc(Cn2c(-c3csc(Nc4ccc(C)cc4)n3)cc(C(N)=O)c2C)c1. The summed E-state index contributed by atoms with van der Waals surface area (Å²) in [5.41, 5.74) is 11.8. The van der Waals surface area contributed by atoms with Gasteiger partial charge in [0.25, 0.3) is 5.91 Å². The zero-order chi connectivity index (χ0) is 22.0. The van der Waals surface area contributed by atoms with Crippen LogP contribution in [0.3, 0.4) is 0 Å². The van der Waals surface area contributed by atoms with Crippen molar-refractivity contribution in [2.75, 3.05) is 12.4 Å². The molecule has 0 atom stereocenters. The molecule has 0 bridgehead atoms. The number of ether oxygens (including phenoxy) is 1. The summed E-state index contributed by atoms with van der Waals surface area (Å²) in [6.45, 7) is 4.53. The fourth-order valence-corrected chi connectivity index (χ4v) is 4.20. The minimum Gasteiger partial charge on any atom is -0.497 e. The fourth-order valence-electron chi connectivity index (χ4n) is 3.47. The summed E-state index contributed by atoms with van der Waals surface area (Å²) in [7, 11) is 1.65. The molecule has 0 unspecified atom stereocenters. The van der Waals surface area contributed by atoms with Gasteiger partial charge in [-0.3, -0.25) is 4.79 Å². The van der Waals surface area contributed by atoms with Gasteiger partial charge in [0.15, 0.2) is 5.13 Å². The van der Waals surface area contributed by atoms with Gasteiger partial charge in [-0.25, -0.2) is 4.98 Å². The summed E-state index contributed by atoms with van der Waals surface area (Å²) < 4.78 is 7.42. The van der Waals surface area contributed by atoms with Gasteiger partial charge in [0.2, 0.25) is 0 Å². The van der Waals surface area contributed by atoms with Crippen LogP contribution in [0.4, 0.5) is 10.8 Å². The Balaban J connectivity index is 1.69. The first-order valence-electron chi connectivity index (χ1n) is 9.87. The molecule has 2 aromatic carbocycles. The van der Waals surface area contributed by atoms with E-state index in [1.54, 1.807) is 7.11 Å². The molecule has 0 radical (unpaired) electrons. The Morgan fingerprint density at radius 1 is 1.16 bits per heavy atom. The number of aryl methyl sites for hydroxylation is 1. The minimum absolute atomic E-state index is 0.448. The highest BCUT2D eigenvalue weighted by Gasteiger charge is 2.19. The Kier molecular flexibility index (Phi) is 5.77.